The molecule has 2 atom stereocenters. The molecule has 2 N–H and O–H groups in total. The van der Waals surface area contributed by atoms with Gasteiger partial charge in [-0.05, 0) is 28.4 Å². The summed E-state index contributed by atoms with van der Waals surface area (Å²) in [5.74, 6) is -0.287. The Morgan fingerprint density at radius 2 is 2.29 bits per heavy atom. The maximum absolute atomic E-state index is 12.4. The van der Waals surface area contributed by atoms with Crippen LogP contribution in [0.15, 0.2) is 0 Å². The van der Waals surface area contributed by atoms with E-state index in [1.54, 1.807) is 0 Å². The van der Waals surface area contributed by atoms with Crippen LogP contribution in [-0.2, 0) is 4.79 Å². The Morgan fingerprint density at radius 1 is 1.64 bits per heavy atom. The van der Waals surface area contributed by atoms with Gasteiger partial charge in [-0.3, -0.25) is 4.79 Å². The zero-order chi connectivity index (χ0) is 10.8. The van der Waals surface area contributed by atoms with E-state index in [4.69, 9.17) is 0 Å². The van der Waals surface area contributed by atoms with Gasteiger partial charge in [-0.2, -0.15) is 8.78 Å². The average molecular weight is 271 g/mol. The van der Waals surface area contributed by atoms with E-state index in [0.717, 1.165) is 6.54 Å². The van der Waals surface area contributed by atoms with E-state index in [-0.39, 0.29) is 17.7 Å². The molecule has 1 aliphatic heterocycles. The summed E-state index contributed by atoms with van der Waals surface area (Å²) in [6, 6.07) is 0. The molecule has 1 amide bonds. The molecule has 0 aromatic heterocycles. The molecule has 1 saturated heterocycles. The zero-order valence-electron chi connectivity index (χ0n) is 7.82. The normalized spacial score (nSPS) is 27.7. The number of nitrogens with one attached hydrogen (secondary N) is 2. The second-order valence-electron chi connectivity index (χ2n) is 3.58. The van der Waals surface area contributed by atoms with Crippen molar-refractivity contribution in [3.05, 3.63) is 0 Å². The highest BCUT2D eigenvalue weighted by Gasteiger charge is 2.32. The smallest absolute Gasteiger partial charge is 0.318 e. The number of carbonyl (C=O) groups is 1. The van der Waals surface area contributed by atoms with Crippen LogP contribution in [-0.4, -0.2) is 30.4 Å². The summed E-state index contributed by atoms with van der Waals surface area (Å²) in [7, 11) is 0. The lowest BCUT2D eigenvalue weighted by Crippen LogP contribution is -2.39. The van der Waals surface area contributed by atoms with Gasteiger partial charge in [0.25, 0.3) is 0 Å². The molecule has 0 aromatic carbocycles. The van der Waals surface area contributed by atoms with Gasteiger partial charge < -0.3 is 10.6 Å². The van der Waals surface area contributed by atoms with Crippen molar-refractivity contribution < 1.29 is 13.6 Å². The number of hydrogen-bond donors (Lipinski definition) is 2. The SMILES string of the molecule is C[C@@H]1CNC[C@H]1C(=O)NCC(F)(F)Br. The van der Waals surface area contributed by atoms with Crippen LogP contribution in [0.25, 0.3) is 0 Å². The third kappa shape index (κ3) is 3.49. The Labute approximate surface area is 89.7 Å². The molecule has 0 saturated carbocycles. The number of hydrogen-bond acceptors (Lipinski definition) is 2. The molecule has 0 unspecified atom stereocenters. The maximum Gasteiger partial charge on any atom is 0.318 e. The van der Waals surface area contributed by atoms with Crippen LogP contribution in [0.3, 0.4) is 0 Å². The van der Waals surface area contributed by atoms with Crippen molar-refractivity contribution in [2.75, 3.05) is 19.6 Å². The second-order valence-corrected chi connectivity index (χ2v) is 4.74. The van der Waals surface area contributed by atoms with Crippen molar-refractivity contribution >= 4 is 21.8 Å². The standard InChI is InChI=1S/C8H13BrF2N2O/c1-5-2-12-3-6(5)7(14)13-4-8(9,10)11/h5-6,12H,2-4H2,1H3,(H,13,14)/t5-,6-/m1/s1. The van der Waals surface area contributed by atoms with E-state index >= 15 is 0 Å². The third-order valence-electron chi connectivity index (χ3n) is 2.32. The molecule has 82 valence electrons. The first-order chi connectivity index (χ1) is 6.40. The lowest BCUT2D eigenvalue weighted by atomic mass is 9.97. The molecular weight excluding hydrogens is 258 g/mol. The van der Waals surface area contributed by atoms with Crippen LogP contribution in [0.4, 0.5) is 8.78 Å². The Balaban J connectivity index is 2.35. The van der Waals surface area contributed by atoms with Crippen molar-refractivity contribution in [2.45, 2.75) is 11.8 Å². The molecule has 0 aromatic rings. The van der Waals surface area contributed by atoms with Crippen LogP contribution < -0.4 is 10.6 Å². The number of carbonyl (C=O) groups excluding carboxylic acids is 1. The fourth-order valence-corrected chi connectivity index (χ4v) is 1.62. The van der Waals surface area contributed by atoms with Crippen molar-refractivity contribution in [1.29, 1.82) is 0 Å². The van der Waals surface area contributed by atoms with Crippen molar-refractivity contribution in [3.63, 3.8) is 0 Å². The van der Waals surface area contributed by atoms with E-state index in [1.807, 2.05) is 6.92 Å². The van der Waals surface area contributed by atoms with Crippen molar-refractivity contribution in [1.82, 2.24) is 10.6 Å². The molecule has 1 aliphatic rings. The van der Waals surface area contributed by atoms with E-state index < -0.39 is 11.4 Å². The Hall–Kier alpha value is -0.230. The van der Waals surface area contributed by atoms with Gasteiger partial charge in [0.2, 0.25) is 5.91 Å². The summed E-state index contributed by atoms with van der Waals surface area (Å²) in [6.07, 6.45) is 0. The van der Waals surface area contributed by atoms with Gasteiger partial charge in [0.15, 0.2) is 0 Å². The topological polar surface area (TPSA) is 41.1 Å². The first-order valence-corrected chi connectivity index (χ1v) is 5.24. The number of amides is 1. The summed E-state index contributed by atoms with van der Waals surface area (Å²) < 4.78 is 24.7. The van der Waals surface area contributed by atoms with E-state index in [9.17, 15) is 13.6 Å². The fraction of sp³-hybridized carbons (Fsp3) is 0.875. The number of rotatable bonds is 3. The van der Waals surface area contributed by atoms with Crippen LogP contribution in [0.1, 0.15) is 6.92 Å². The molecule has 0 spiro atoms. The lowest BCUT2D eigenvalue weighted by molar-refractivity contribution is -0.126. The van der Waals surface area contributed by atoms with E-state index in [0.29, 0.717) is 6.54 Å². The van der Waals surface area contributed by atoms with Crippen LogP contribution >= 0.6 is 15.9 Å². The zero-order valence-corrected chi connectivity index (χ0v) is 9.40. The first kappa shape index (κ1) is 11.8. The molecule has 0 radical (unpaired) electrons. The quantitative estimate of drug-likeness (QED) is 0.750. The fourth-order valence-electron chi connectivity index (χ4n) is 1.48. The van der Waals surface area contributed by atoms with Gasteiger partial charge in [0, 0.05) is 6.54 Å². The Bertz CT molecular complexity index is 220. The minimum Gasteiger partial charge on any atom is -0.349 e. The monoisotopic (exact) mass is 270 g/mol. The summed E-state index contributed by atoms with van der Waals surface area (Å²) >= 11 is 2.17. The van der Waals surface area contributed by atoms with Gasteiger partial charge in [-0.25, -0.2) is 0 Å². The van der Waals surface area contributed by atoms with Gasteiger partial charge in [-0.15, -0.1) is 0 Å². The third-order valence-corrected chi connectivity index (χ3v) is 2.60. The number of alkyl halides is 3. The van der Waals surface area contributed by atoms with E-state index in [1.165, 1.54) is 0 Å². The number of halogens is 3. The molecule has 6 heteroatoms. The summed E-state index contributed by atoms with van der Waals surface area (Å²) in [5, 5.41) is 5.26. The van der Waals surface area contributed by atoms with Crippen LogP contribution in [0.5, 0.6) is 0 Å². The van der Waals surface area contributed by atoms with Gasteiger partial charge >= 0.3 is 4.83 Å². The molecule has 1 rings (SSSR count). The van der Waals surface area contributed by atoms with Crippen LogP contribution in [0, 0.1) is 11.8 Å². The summed E-state index contributed by atoms with van der Waals surface area (Å²) in [5.41, 5.74) is 0. The van der Waals surface area contributed by atoms with Gasteiger partial charge in [0.05, 0.1) is 12.5 Å². The van der Waals surface area contributed by atoms with Crippen LogP contribution in [0.2, 0.25) is 0 Å². The molecule has 14 heavy (non-hydrogen) atoms. The average Bonchev–Trinajstić information content (AvgIpc) is 2.46. The largest absolute Gasteiger partial charge is 0.349 e. The predicted octanol–water partition coefficient (Wildman–Crippen LogP) is 0.946. The summed E-state index contributed by atoms with van der Waals surface area (Å²) in [6.45, 7) is 2.61. The minimum atomic E-state index is -3.02. The van der Waals surface area contributed by atoms with E-state index in [2.05, 4.69) is 26.6 Å². The Morgan fingerprint density at radius 3 is 2.71 bits per heavy atom. The highest BCUT2D eigenvalue weighted by molar-refractivity contribution is 9.10. The van der Waals surface area contributed by atoms with Crippen molar-refractivity contribution in [3.8, 4) is 0 Å². The lowest BCUT2D eigenvalue weighted by Gasteiger charge is -2.15. The first-order valence-electron chi connectivity index (χ1n) is 4.45. The van der Waals surface area contributed by atoms with Gasteiger partial charge in [-0.1, -0.05) is 6.92 Å². The Kier molecular flexibility index (Phi) is 3.83. The highest BCUT2D eigenvalue weighted by Crippen LogP contribution is 2.21. The highest BCUT2D eigenvalue weighted by atomic mass is 79.9. The predicted molar refractivity (Wildman–Crippen MR) is 52.4 cm³/mol. The van der Waals surface area contributed by atoms with Crippen molar-refractivity contribution in [2.24, 2.45) is 11.8 Å². The molecule has 3 nitrogen and oxygen atoms in total. The molecule has 0 aliphatic carbocycles. The molecule has 1 fully saturated rings. The molecule has 1 heterocycles. The molecular formula is C8H13BrF2N2O. The second kappa shape index (κ2) is 4.53. The maximum atomic E-state index is 12.4. The molecule has 0 bridgehead atoms. The van der Waals surface area contributed by atoms with Gasteiger partial charge in [0.1, 0.15) is 0 Å². The summed E-state index contributed by atoms with van der Waals surface area (Å²) in [4.78, 5) is 8.38. The minimum absolute atomic E-state index is 0.190.